The minimum absolute atomic E-state index is 0.205. The largest absolute Gasteiger partial charge is 0.394 e. The summed E-state index contributed by atoms with van der Waals surface area (Å²) in [5.41, 5.74) is 5.79. The Kier molecular flexibility index (Phi) is 12.9. The van der Waals surface area contributed by atoms with E-state index in [1.54, 1.807) is 0 Å². The molecule has 0 spiro atoms. The Morgan fingerprint density at radius 2 is 1.44 bits per heavy atom. The third kappa shape index (κ3) is 9.34. The molecule has 0 aromatic rings. The van der Waals surface area contributed by atoms with Crippen molar-refractivity contribution in [3.05, 3.63) is 0 Å². The highest BCUT2D eigenvalue weighted by Crippen LogP contribution is 2.19. The second-order valence-electron chi connectivity index (χ2n) is 7.68. The molecule has 1 fully saturated rings. The maximum Gasteiger partial charge on any atom is 0.220 e. The van der Waals surface area contributed by atoms with Crippen molar-refractivity contribution in [1.82, 2.24) is 5.32 Å². The number of ether oxygens (including phenoxy) is 1. The molecule has 1 rings (SSSR count). The van der Waals surface area contributed by atoms with E-state index in [-0.39, 0.29) is 5.91 Å². The van der Waals surface area contributed by atoms with Gasteiger partial charge in [0.2, 0.25) is 5.91 Å². The fraction of sp³-hybridized carbons (Fsp3) is 0.950. The van der Waals surface area contributed by atoms with Crippen molar-refractivity contribution < 1.29 is 24.9 Å². The Morgan fingerprint density at radius 3 is 1.96 bits per heavy atom. The quantitative estimate of drug-likeness (QED) is 0.288. The highest BCUT2D eigenvalue weighted by Gasteiger charge is 2.43. The number of rotatable bonds is 14. The number of nitrogens with two attached hydrogens (primary N) is 1. The lowest BCUT2D eigenvalue weighted by atomic mass is 9.96. The van der Waals surface area contributed by atoms with Crippen molar-refractivity contribution in [2.45, 2.75) is 115 Å². The summed E-state index contributed by atoms with van der Waals surface area (Å²) in [4.78, 5) is 12.1. The number of aliphatic hydroxyl groups is 3. The molecule has 1 heterocycles. The van der Waals surface area contributed by atoms with E-state index < -0.39 is 37.2 Å². The first-order chi connectivity index (χ1) is 13.0. The lowest BCUT2D eigenvalue weighted by Crippen LogP contribution is -2.66. The van der Waals surface area contributed by atoms with Gasteiger partial charge in [-0.15, -0.1) is 0 Å². The Labute approximate surface area is 163 Å². The van der Waals surface area contributed by atoms with E-state index in [0.717, 1.165) is 19.3 Å². The summed E-state index contributed by atoms with van der Waals surface area (Å²) in [5.74, 6) is -0.205. The highest BCUT2D eigenvalue weighted by atomic mass is 16.5. The molecule has 1 saturated heterocycles. The molecule has 0 bridgehead atoms. The first-order valence-electron chi connectivity index (χ1n) is 10.7. The van der Waals surface area contributed by atoms with Gasteiger partial charge in [0.1, 0.15) is 24.5 Å². The monoisotopic (exact) mass is 388 g/mol. The van der Waals surface area contributed by atoms with Crippen LogP contribution in [0.2, 0.25) is 0 Å². The number of nitrogens with one attached hydrogen (secondary N) is 1. The number of carbonyl (C=O) groups is 1. The third-order valence-electron chi connectivity index (χ3n) is 5.30. The van der Waals surface area contributed by atoms with E-state index in [9.17, 15) is 15.0 Å². The van der Waals surface area contributed by atoms with Crippen LogP contribution in [0.4, 0.5) is 0 Å². The molecule has 0 aliphatic carbocycles. The Balaban J connectivity index is 2.07. The van der Waals surface area contributed by atoms with Crippen molar-refractivity contribution >= 4 is 5.91 Å². The summed E-state index contributed by atoms with van der Waals surface area (Å²) in [6, 6.07) is -0.872. The molecule has 1 aliphatic heterocycles. The van der Waals surface area contributed by atoms with Crippen LogP contribution in [-0.4, -0.2) is 58.4 Å². The minimum Gasteiger partial charge on any atom is -0.394 e. The van der Waals surface area contributed by atoms with Crippen LogP contribution in [0.25, 0.3) is 0 Å². The average Bonchev–Trinajstić information content (AvgIpc) is 2.66. The van der Waals surface area contributed by atoms with Gasteiger partial charge in [-0.2, -0.15) is 0 Å². The Bertz CT molecular complexity index is 397. The molecule has 0 aromatic heterocycles. The molecule has 5 atom stereocenters. The molecule has 1 amide bonds. The Morgan fingerprint density at radius 1 is 0.926 bits per heavy atom. The van der Waals surface area contributed by atoms with Gasteiger partial charge in [0.05, 0.1) is 12.6 Å². The maximum atomic E-state index is 12.1. The van der Waals surface area contributed by atoms with Crippen LogP contribution >= 0.6 is 0 Å². The van der Waals surface area contributed by atoms with Gasteiger partial charge >= 0.3 is 0 Å². The summed E-state index contributed by atoms with van der Waals surface area (Å²) >= 11 is 0. The normalized spacial score (nSPS) is 28.3. The number of aliphatic hydroxyl groups excluding tert-OH is 3. The smallest absolute Gasteiger partial charge is 0.220 e. The van der Waals surface area contributed by atoms with Gasteiger partial charge in [-0.25, -0.2) is 0 Å². The topological polar surface area (TPSA) is 125 Å². The van der Waals surface area contributed by atoms with Gasteiger partial charge < -0.3 is 31.1 Å². The van der Waals surface area contributed by atoms with Gasteiger partial charge in [-0.3, -0.25) is 4.79 Å². The van der Waals surface area contributed by atoms with Gasteiger partial charge in [0.25, 0.3) is 0 Å². The van der Waals surface area contributed by atoms with Crippen molar-refractivity contribution in [3.8, 4) is 0 Å². The maximum absolute atomic E-state index is 12.1. The summed E-state index contributed by atoms with van der Waals surface area (Å²) in [6.45, 7) is 1.79. The molecule has 1 aliphatic rings. The predicted octanol–water partition coefficient (Wildman–Crippen LogP) is 1.57. The number of amides is 1. The first kappa shape index (κ1) is 24.3. The first-order valence-corrected chi connectivity index (χ1v) is 10.7. The second-order valence-corrected chi connectivity index (χ2v) is 7.68. The zero-order valence-corrected chi connectivity index (χ0v) is 16.8. The highest BCUT2D eigenvalue weighted by molar-refractivity contribution is 5.76. The molecule has 160 valence electrons. The molecule has 0 saturated carbocycles. The number of unbranched alkanes of at least 4 members (excludes halogenated alkanes) is 10. The molecular weight excluding hydrogens is 348 g/mol. The van der Waals surface area contributed by atoms with Gasteiger partial charge in [-0.1, -0.05) is 71.1 Å². The van der Waals surface area contributed by atoms with Gasteiger partial charge in [-0.05, 0) is 6.42 Å². The van der Waals surface area contributed by atoms with E-state index in [2.05, 4.69) is 12.2 Å². The van der Waals surface area contributed by atoms with Gasteiger partial charge in [0, 0.05) is 6.42 Å². The standard InChI is InChI=1S/C20H40N2O5/c1-2-3-4-5-6-7-8-9-10-11-12-13-16(24)22-17-19(26)18(25)15(14-23)27-20(17)21/h15,17-20,23,25-26H,2-14,21H2,1H3,(H,22,24)/t15-,17-,18-,19-,20-/m1/s1. The van der Waals surface area contributed by atoms with Crippen molar-refractivity contribution in [1.29, 1.82) is 0 Å². The van der Waals surface area contributed by atoms with E-state index in [1.807, 2.05) is 0 Å². The SMILES string of the molecule is CCCCCCCCCCCCCC(=O)N[C@@H]1[C@@H](O)[C@H](O)[C@@H](CO)O[C@H]1N. The van der Waals surface area contributed by atoms with Crippen LogP contribution in [0.3, 0.4) is 0 Å². The minimum atomic E-state index is -1.28. The number of hydrogen-bond donors (Lipinski definition) is 5. The molecule has 27 heavy (non-hydrogen) atoms. The van der Waals surface area contributed by atoms with Crippen molar-refractivity contribution in [2.75, 3.05) is 6.61 Å². The van der Waals surface area contributed by atoms with Crippen molar-refractivity contribution in [2.24, 2.45) is 5.73 Å². The van der Waals surface area contributed by atoms with Crippen LogP contribution < -0.4 is 11.1 Å². The van der Waals surface area contributed by atoms with Crippen molar-refractivity contribution in [3.63, 3.8) is 0 Å². The second kappa shape index (κ2) is 14.3. The summed E-state index contributed by atoms with van der Waals surface area (Å²) in [5, 5.41) is 31.7. The van der Waals surface area contributed by atoms with Crippen LogP contribution in [0, 0.1) is 0 Å². The lowest BCUT2D eigenvalue weighted by molar-refractivity contribution is -0.193. The van der Waals surface area contributed by atoms with Crippen LogP contribution in [-0.2, 0) is 9.53 Å². The lowest BCUT2D eigenvalue weighted by Gasteiger charge is -2.41. The van der Waals surface area contributed by atoms with E-state index in [1.165, 1.54) is 51.4 Å². The fourth-order valence-electron chi connectivity index (χ4n) is 3.52. The van der Waals surface area contributed by atoms with Crippen LogP contribution in [0.15, 0.2) is 0 Å². The molecule has 7 heteroatoms. The molecule has 0 unspecified atom stereocenters. The Hall–Kier alpha value is -0.730. The summed E-state index contributed by atoms with van der Waals surface area (Å²) in [6.07, 6.45) is 9.33. The molecule has 0 aromatic carbocycles. The van der Waals surface area contributed by atoms with Gasteiger partial charge in [0.15, 0.2) is 0 Å². The molecular formula is C20H40N2O5. The van der Waals surface area contributed by atoms with Crippen LogP contribution in [0.5, 0.6) is 0 Å². The van der Waals surface area contributed by atoms with E-state index in [0.29, 0.717) is 6.42 Å². The number of hydrogen-bond acceptors (Lipinski definition) is 6. The summed E-state index contributed by atoms with van der Waals surface area (Å²) < 4.78 is 5.25. The molecule has 6 N–H and O–H groups in total. The zero-order valence-electron chi connectivity index (χ0n) is 16.8. The third-order valence-corrected chi connectivity index (χ3v) is 5.30. The summed E-state index contributed by atoms with van der Waals surface area (Å²) in [7, 11) is 0. The van der Waals surface area contributed by atoms with E-state index in [4.69, 9.17) is 15.6 Å². The fourth-order valence-corrected chi connectivity index (χ4v) is 3.52. The van der Waals surface area contributed by atoms with Crippen LogP contribution in [0.1, 0.15) is 84.0 Å². The van der Waals surface area contributed by atoms with E-state index >= 15 is 0 Å². The predicted molar refractivity (Wildman–Crippen MR) is 105 cm³/mol. The average molecular weight is 389 g/mol. The molecule has 0 radical (unpaired) electrons. The zero-order chi connectivity index (χ0) is 20.1. The number of carbonyl (C=O) groups excluding carboxylic acids is 1. The molecule has 7 nitrogen and oxygen atoms in total.